The summed E-state index contributed by atoms with van der Waals surface area (Å²) in [7, 11) is 0. The Labute approximate surface area is 235 Å². The third-order valence-electron chi connectivity index (χ3n) is 5.85. The molecule has 4 atom stereocenters. The third kappa shape index (κ3) is 11.7. The van der Waals surface area contributed by atoms with E-state index in [1.807, 2.05) is 6.07 Å². The molecule has 2 rings (SSSR count). The summed E-state index contributed by atoms with van der Waals surface area (Å²) < 4.78 is 0. The molecule has 13 N–H and O–H groups in total. The Bertz CT molecular complexity index is 1200. The van der Waals surface area contributed by atoms with Crippen LogP contribution in [0.5, 0.6) is 0 Å². The van der Waals surface area contributed by atoms with Gasteiger partial charge in [0.05, 0.1) is 18.8 Å². The Balaban J connectivity index is 2.15. The highest BCUT2D eigenvalue weighted by atomic mass is 16.4. The first-order valence-corrected chi connectivity index (χ1v) is 12.7. The Morgan fingerprint density at radius 2 is 1.54 bits per heavy atom. The standard InChI is InChI=1S/C25H36N10O6/c26-16(9-14-5-2-1-3-6-14)21(37)34-18(11-20(27)36)23(39)33-17(7-4-8-31-25(28)29)22(38)35-19(24(40)41)10-15-12-30-13-32-15/h1-3,5-6,12-13,16-19H,4,7-11,26H2,(H2,27,36)(H,30,32)(H,33,39)(H,34,37)(H,35,38)(H,40,41)(H4,28,29,31). The second kappa shape index (κ2) is 16.2. The molecule has 0 radical (unpaired) electrons. The number of carboxylic acid groups (broad SMARTS) is 1. The van der Waals surface area contributed by atoms with E-state index in [1.165, 1.54) is 12.5 Å². The first-order chi connectivity index (χ1) is 19.5. The van der Waals surface area contributed by atoms with Gasteiger partial charge in [-0.3, -0.25) is 24.2 Å². The summed E-state index contributed by atoms with van der Waals surface area (Å²) in [6, 6.07) is 3.82. The minimum Gasteiger partial charge on any atom is -0.480 e. The number of imidazole rings is 1. The lowest BCUT2D eigenvalue weighted by molar-refractivity contribution is -0.142. The summed E-state index contributed by atoms with van der Waals surface area (Å²) in [5.41, 5.74) is 23.2. The van der Waals surface area contributed by atoms with Crippen LogP contribution in [-0.4, -0.2) is 81.3 Å². The fraction of sp³-hybridized carbons (Fsp3) is 0.400. The zero-order valence-electron chi connectivity index (χ0n) is 22.3. The van der Waals surface area contributed by atoms with E-state index in [0.717, 1.165) is 5.56 Å². The van der Waals surface area contributed by atoms with Crippen molar-refractivity contribution < 1.29 is 29.1 Å². The number of aliphatic imine (C=N–C) groups is 1. The summed E-state index contributed by atoms with van der Waals surface area (Å²) in [6.45, 7) is 0.119. The molecular weight excluding hydrogens is 536 g/mol. The van der Waals surface area contributed by atoms with E-state index in [0.29, 0.717) is 5.69 Å². The van der Waals surface area contributed by atoms with Crippen LogP contribution in [0.2, 0.25) is 0 Å². The molecule has 16 nitrogen and oxygen atoms in total. The zero-order chi connectivity index (χ0) is 30.4. The number of nitrogens with zero attached hydrogens (tertiary/aromatic N) is 2. The molecule has 0 spiro atoms. The Morgan fingerprint density at radius 3 is 2.12 bits per heavy atom. The van der Waals surface area contributed by atoms with Crippen molar-refractivity contribution in [3.8, 4) is 0 Å². The molecule has 0 aliphatic rings. The van der Waals surface area contributed by atoms with E-state index < -0.39 is 60.2 Å². The topological polar surface area (TPSA) is 287 Å². The second-order valence-electron chi connectivity index (χ2n) is 9.22. The number of carbonyl (C=O) groups is 5. The molecule has 1 aromatic heterocycles. The van der Waals surface area contributed by atoms with Crippen molar-refractivity contribution in [2.45, 2.75) is 56.3 Å². The number of primary amides is 1. The van der Waals surface area contributed by atoms with Gasteiger partial charge in [-0.2, -0.15) is 0 Å². The number of nitrogens with two attached hydrogens (primary N) is 4. The lowest BCUT2D eigenvalue weighted by atomic mass is 10.0. The molecule has 16 heteroatoms. The lowest BCUT2D eigenvalue weighted by Crippen LogP contribution is -2.58. The normalized spacial score (nSPS) is 13.6. The number of amides is 4. The van der Waals surface area contributed by atoms with Gasteiger partial charge in [-0.25, -0.2) is 9.78 Å². The number of hydrogen-bond acceptors (Lipinski definition) is 8. The number of benzene rings is 1. The van der Waals surface area contributed by atoms with Gasteiger partial charge in [-0.1, -0.05) is 30.3 Å². The molecule has 4 amide bonds. The molecule has 222 valence electrons. The third-order valence-corrected chi connectivity index (χ3v) is 5.85. The number of aromatic nitrogens is 2. The molecule has 0 bridgehead atoms. The van der Waals surface area contributed by atoms with Crippen molar-refractivity contribution in [3.05, 3.63) is 54.1 Å². The average Bonchev–Trinajstić information content (AvgIpc) is 3.42. The average molecular weight is 573 g/mol. The molecule has 4 unspecified atom stereocenters. The molecule has 1 aromatic carbocycles. The van der Waals surface area contributed by atoms with Gasteiger partial charge < -0.3 is 49.0 Å². The van der Waals surface area contributed by atoms with E-state index in [-0.39, 0.29) is 38.2 Å². The van der Waals surface area contributed by atoms with E-state index in [2.05, 4.69) is 30.9 Å². The van der Waals surface area contributed by atoms with Gasteiger partial charge in [0.1, 0.15) is 18.1 Å². The van der Waals surface area contributed by atoms with Crippen LogP contribution in [0.25, 0.3) is 0 Å². The predicted octanol–water partition coefficient (Wildman–Crippen LogP) is -3.01. The molecule has 41 heavy (non-hydrogen) atoms. The maximum Gasteiger partial charge on any atom is 0.326 e. The maximum atomic E-state index is 13.2. The van der Waals surface area contributed by atoms with Crippen LogP contribution in [0.4, 0.5) is 0 Å². The number of carboxylic acids is 1. The van der Waals surface area contributed by atoms with Crippen LogP contribution < -0.4 is 38.9 Å². The first-order valence-electron chi connectivity index (χ1n) is 12.7. The van der Waals surface area contributed by atoms with Crippen LogP contribution in [-0.2, 0) is 36.8 Å². The van der Waals surface area contributed by atoms with Gasteiger partial charge in [-0.15, -0.1) is 0 Å². The molecule has 0 aliphatic carbocycles. The monoisotopic (exact) mass is 572 g/mol. The highest BCUT2D eigenvalue weighted by Crippen LogP contribution is 2.06. The quantitative estimate of drug-likeness (QED) is 0.0525. The second-order valence-corrected chi connectivity index (χ2v) is 9.22. The number of carbonyl (C=O) groups excluding carboxylic acids is 4. The predicted molar refractivity (Wildman–Crippen MR) is 148 cm³/mol. The number of H-pyrrole nitrogens is 1. The van der Waals surface area contributed by atoms with Crippen molar-refractivity contribution >= 4 is 35.6 Å². The fourth-order valence-electron chi connectivity index (χ4n) is 3.78. The Morgan fingerprint density at radius 1 is 0.902 bits per heavy atom. The minimum absolute atomic E-state index is 0.00446. The molecule has 0 fully saturated rings. The summed E-state index contributed by atoms with van der Waals surface area (Å²) >= 11 is 0. The number of nitrogens with one attached hydrogen (secondary N) is 4. The highest BCUT2D eigenvalue weighted by molar-refractivity contribution is 5.96. The number of rotatable bonds is 17. The lowest BCUT2D eigenvalue weighted by Gasteiger charge is -2.24. The smallest absolute Gasteiger partial charge is 0.326 e. The highest BCUT2D eigenvalue weighted by Gasteiger charge is 2.31. The van der Waals surface area contributed by atoms with Crippen molar-refractivity contribution in [2.24, 2.45) is 27.9 Å². The summed E-state index contributed by atoms with van der Waals surface area (Å²) in [6.07, 6.45) is 2.49. The molecule has 0 saturated heterocycles. The molecule has 0 saturated carbocycles. The first kappa shape index (κ1) is 32.2. The van der Waals surface area contributed by atoms with Crippen molar-refractivity contribution in [1.29, 1.82) is 0 Å². The summed E-state index contributed by atoms with van der Waals surface area (Å²) in [5.74, 6) is -4.80. The maximum absolute atomic E-state index is 13.2. The molecule has 0 aliphatic heterocycles. The molecule has 1 heterocycles. The van der Waals surface area contributed by atoms with Crippen LogP contribution in [0.3, 0.4) is 0 Å². The van der Waals surface area contributed by atoms with E-state index >= 15 is 0 Å². The van der Waals surface area contributed by atoms with Crippen molar-refractivity contribution in [2.75, 3.05) is 6.54 Å². The number of hydrogen-bond donors (Lipinski definition) is 9. The number of aromatic amines is 1. The van der Waals surface area contributed by atoms with Gasteiger partial charge in [0, 0.05) is 24.9 Å². The Kier molecular flexibility index (Phi) is 12.7. The number of aliphatic carboxylic acids is 1. The SMILES string of the molecule is NC(=O)CC(NC(=O)C(N)Cc1ccccc1)C(=O)NC(CCCN=C(N)N)C(=O)NC(Cc1cnc[nH]1)C(=O)O. The van der Waals surface area contributed by atoms with Gasteiger partial charge in [0.15, 0.2) is 5.96 Å². The van der Waals surface area contributed by atoms with Crippen LogP contribution in [0, 0.1) is 0 Å². The van der Waals surface area contributed by atoms with Crippen LogP contribution >= 0.6 is 0 Å². The van der Waals surface area contributed by atoms with Crippen LogP contribution in [0.15, 0.2) is 47.8 Å². The van der Waals surface area contributed by atoms with Crippen LogP contribution in [0.1, 0.15) is 30.5 Å². The van der Waals surface area contributed by atoms with E-state index in [9.17, 15) is 29.1 Å². The van der Waals surface area contributed by atoms with E-state index in [4.69, 9.17) is 22.9 Å². The van der Waals surface area contributed by atoms with Gasteiger partial charge >= 0.3 is 5.97 Å². The fourth-order valence-corrected chi connectivity index (χ4v) is 3.78. The van der Waals surface area contributed by atoms with Gasteiger partial charge in [0.25, 0.3) is 0 Å². The zero-order valence-corrected chi connectivity index (χ0v) is 22.3. The molecule has 2 aromatic rings. The van der Waals surface area contributed by atoms with Gasteiger partial charge in [-0.05, 0) is 24.8 Å². The van der Waals surface area contributed by atoms with Gasteiger partial charge in [0.2, 0.25) is 23.6 Å². The van der Waals surface area contributed by atoms with Crippen molar-refractivity contribution in [1.82, 2.24) is 25.9 Å². The summed E-state index contributed by atoms with van der Waals surface area (Å²) in [4.78, 5) is 73.0. The van der Waals surface area contributed by atoms with Crippen molar-refractivity contribution in [3.63, 3.8) is 0 Å². The summed E-state index contributed by atoms with van der Waals surface area (Å²) in [5, 5.41) is 16.9. The molecular formula is C25H36N10O6. The largest absolute Gasteiger partial charge is 0.480 e. The minimum atomic E-state index is -1.45. The number of guanidine groups is 1. The van der Waals surface area contributed by atoms with E-state index in [1.54, 1.807) is 24.3 Å². The Hall–Kier alpha value is -4.99.